The van der Waals surface area contributed by atoms with Crippen LogP contribution in [0.15, 0.2) is 59.5 Å². The van der Waals surface area contributed by atoms with Gasteiger partial charge in [0.2, 0.25) is 21.8 Å². The minimum absolute atomic E-state index is 0.0443. The third kappa shape index (κ3) is 4.88. The highest BCUT2D eigenvalue weighted by molar-refractivity contribution is 7.89. The summed E-state index contributed by atoms with van der Waals surface area (Å²) in [5.41, 5.74) is 1.52. The number of sulfonamides is 1. The van der Waals surface area contributed by atoms with Crippen LogP contribution in [0.1, 0.15) is 25.8 Å². The van der Waals surface area contributed by atoms with Crippen LogP contribution in [-0.2, 0) is 26.2 Å². The number of nitrogens with zero attached hydrogens (tertiary/aromatic N) is 2. The highest BCUT2D eigenvalue weighted by Crippen LogP contribution is 2.23. The molecule has 1 saturated heterocycles. The van der Waals surface area contributed by atoms with E-state index in [1.807, 2.05) is 30.3 Å². The maximum absolute atomic E-state index is 12.6. The Morgan fingerprint density at radius 2 is 1.77 bits per heavy atom. The van der Waals surface area contributed by atoms with Crippen molar-refractivity contribution in [3.63, 3.8) is 0 Å². The van der Waals surface area contributed by atoms with Gasteiger partial charge in [-0.15, -0.1) is 0 Å². The summed E-state index contributed by atoms with van der Waals surface area (Å²) in [7, 11) is -2.04. The van der Waals surface area contributed by atoms with E-state index in [0.717, 1.165) is 5.56 Å². The molecule has 1 heterocycles. The summed E-state index contributed by atoms with van der Waals surface area (Å²) < 4.78 is 26.4. The van der Waals surface area contributed by atoms with Gasteiger partial charge in [0.05, 0.1) is 10.8 Å². The molecule has 0 saturated carbocycles. The second-order valence-corrected chi connectivity index (χ2v) is 9.79. The fourth-order valence-corrected chi connectivity index (χ4v) is 4.67. The standard InChI is InChI=1S/C22H27N3O4S/c1-16(2)24(3)30(28,29)20-11-9-19(10-12-20)23-22(27)18-13-21(26)25(15-18)14-17-7-5-4-6-8-17/h4-12,16,18H,13-15H2,1-3H3,(H,23,27)/t18-/m1/s1. The largest absolute Gasteiger partial charge is 0.338 e. The zero-order valence-corrected chi connectivity index (χ0v) is 18.2. The summed E-state index contributed by atoms with van der Waals surface area (Å²) in [4.78, 5) is 26.8. The van der Waals surface area contributed by atoms with Crippen molar-refractivity contribution >= 4 is 27.5 Å². The van der Waals surface area contributed by atoms with Crippen molar-refractivity contribution in [2.24, 2.45) is 5.92 Å². The molecule has 7 nitrogen and oxygen atoms in total. The van der Waals surface area contributed by atoms with Crippen molar-refractivity contribution in [2.45, 2.75) is 37.8 Å². The van der Waals surface area contributed by atoms with Crippen LogP contribution in [-0.4, -0.2) is 49.1 Å². The lowest BCUT2D eigenvalue weighted by Gasteiger charge is -2.21. The van der Waals surface area contributed by atoms with Gasteiger partial charge in [-0.1, -0.05) is 30.3 Å². The maximum atomic E-state index is 12.6. The molecule has 0 spiro atoms. The quantitative estimate of drug-likeness (QED) is 0.733. The molecule has 1 aliphatic heterocycles. The number of hydrogen-bond donors (Lipinski definition) is 1. The fourth-order valence-electron chi connectivity index (χ4n) is 3.30. The lowest BCUT2D eigenvalue weighted by molar-refractivity contribution is -0.128. The monoisotopic (exact) mass is 429 g/mol. The van der Waals surface area contributed by atoms with Crippen molar-refractivity contribution in [2.75, 3.05) is 18.9 Å². The summed E-state index contributed by atoms with van der Waals surface area (Å²) in [6.07, 6.45) is 0.171. The Morgan fingerprint density at radius 3 is 2.37 bits per heavy atom. The first-order valence-electron chi connectivity index (χ1n) is 9.89. The molecule has 1 fully saturated rings. The zero-order chi connectivity index (χ0) is 21.9. The van der Waals surface area contributed by atoms with Crippen LogP contribution in [0.4, 0.5) is 5.69 Å². The topological polar surface area (TPSA) is 86.8 Å². The summed E-state index contributed by atoms with van der Waals surface area (Å²) in [5, 5.41) is 2.79. The molecule has 2 aromatic rings. The van der Waals surface area contributed by atoms with Crippen LogP contribution in [0, 0.1) is 5.92 Å². The van der Waals surface area contributed by atoms with Crippen molar-refractivity contribution in [3.05, 3.63) is 60.2 Å². The predicted molar refractivity (Wildman–Crippen MR) is 115 cm³/mol. The first-order valence-corrected chi connectivity index (χ1v) is 11.3. The van der Waals surface area contributed by atoms with Gasteiger partial charge in [0, 0.05) is 38.3 Å². The SMILES string of the molecule is CC(C)N(C)S(=O)(=O)c1ccc(NC(=O)[C@@H]2CC(=O)N(Cc3ccccc3)C2)cc1. The second kappa shape index (κ2) is 8.97. The second-order valence-electron chi connectivity index (χ2n) is 7.79. The number of anilines is 1. The van der Waals surface area contributed by atoms with E-state index < -0.39 is 15.9 Å². The highest BCUT2D eigenvalue weighted by atomic mass is 32.2. The third-order valence-corrected chi connectivity index (χ3v) is 7.38. The minimum atomic E-state index is -3.57. The van der Waals surface area contributed by atoms with E-state index in [-0.39, 0.29) is 29.2 Å². The van der Waals surface area contributed by atoms with Crippen LogP contribution in [0.2, 0.25) is 0 Å². The molecule has 0 radical (unpaired) electrons. The molecule has 8 heteroatoms. The molecule has 160 valence electrons. The molecule has 0 aromatic heterocycles. The number of hydrogen-bond acceptors (Lipinski definition) is 4. The number of nitrogens with one attached hydrogen (secondary N) is 1. The van der Waals surface area contributed by atoms with E-state index in [1.165, 1.54) is 23.5 Å². The highest BCUT2D eigenvalue weighted by Gasteiger charge is 2.34. The minimum Gasteiger partial charge on any atom is -0.338 e. The van der Waals surface area contributed by atoms with Crippen LogP contribution in [0.5, 0.6) is 0 Å². The fraction of sp³-hybridized carbons (Fsp3) is 0.364. The number of benzene rings is 2. The van der Waals surface area contributed by atoms with Gasteiger partial charge in [-0.25, -0.2) is 8.42 Å². The van der Waals surface area contributed by atoms with Gasteiger partial charge in [-0.05, 0) is 43.7 Å². The Hall–Kier alpha value is -2.71. The van der Waals surface area contributed by atoms with E-state index in [1.54, 1.807) is 30.9 Å². The molecule has 0 aliphatic carbocycles. The Labute approximate surface area is 177 Å². The van der Waals surface area contributed by atoms with Crippen LogP contribution < -0.4 is 5.32 Å². The molecular weight excluding hydrogens is 402 g/mol. The van der Waals surface area contributed by atoms with Gasteiger partial charge >= 0.3 is 0 Å². The predicted octanol–water partition coefficient (Wildman–Crippen LogP) is 2.70. The van der Waals surface area contributed by atoms with E-state index in [9.17, 15) is 18.0 Å². The summed E-state index contributed by atoms with van der Waals surface area (Å²) in [6.45, 7) is 4.46. The molecular formula is C22H27N3O4S. The molecule has 0 unspecified atom stereocenters. The van der Waals surface area contributed by atoms with Crippen LogP contribution in [0.3, 0.4) is 0 Å². The smallest absolute Gasteiger partial charge is 0.243 e. The Balaban J connectivity index is 1.62. The van der Waals surface area contributed by atoms with Gasteiger partial charge in [0.1, 0.15) is 0 Å². The van der Waals surface area contributed by atoms with E-state index >= 15 is 0 Å². The Morgan fingerprint density at radius 1 is 1.13 bits per heavy atom. The van der Waals surface area contributed by atoms with Crippen LogP contribution >= 0.6 is 0 Å². The van der Waals surface area contributed by atoms with E-state index in [0.29, 0.717) is 18.8 Å². The Kier molecular flexibility index (Phi) is 6.58. The first kappa shape index (κ1) is 22.0. The number of carbonyl (C=O) groups excluding carboxylic acids is 2. The molecule has 1 atom stereocenters. The Bertz CT molecular complexity index is 1000. The lowest BCUT2D eigenvalue weighted by atomic mass is 10.1. The average Bonchev–Trinajstić information content (AvgIpc) is 3.09. The molecule has 2 amide bonds. The van der Waals surface area contributed by atoms with Crippen molar-refractivity contribution < 1.29 is 18.0 Å². The number of rotatable bonds is 7. The number of carbonyl (C=O) groups is 2. The van der Waals surface area contributed by atoms with Crippen molar-refractivity contribution in [1.29, 1.82) is 0 Å². The van der Waals surface area contributed by atoms with Gasteiger partial charge in [0.25, 0.3) is 0 Å². The molecule has 1 aliphatic rings. The number of likely N-dealkylation sites (tertiary alicyclic amines) is 1. The van der Waals surface area contributed by atoms with E-state index in [2.05, 4.69) is 5.32 Å². The zero-order valence-electron chi connectivity index (χ0n) is 17.4. The van der Waals surface area contributed by atoms with Crippen molar-refractivity contribution in [3.8, 4) is 0 Å². The summed E-state index contributed by atoms with van der Waals surface area (Å²) >= 11 is 0. The molecule has 2 aromatic carbocycles. The van der Waals surface area contributed by atoms with Gasteiger partial charge in [-0.3, -0.25) is 9.59 Å². The molecule has 30 heavy (non-hydrogen) atoms. The summed E-state index contributed by atoms with van der Waals surface area (Å²) in [6, 6.07) is 15.6. The molecule has 0 bridgehead atoms. The maximum Gasteiger partial charge on any atom is 0.243 e. The van der Waals surface area contributed by atoms with Gasteiger partial charge < -0.3 is 10.2 Å². The first-order chi connectivity index (χ1) is 14.2. The lowest BCUT2D eigenvalue weighted by Crippen LogP contribution is -2.33. The van der Waals surface area contributed by atoms with Gasteiger partial charge in [-0.2, -0.15) is 4.31 Å². The molecule has 3 rings (SSSR count). The number of amides is 2. The van der Waals surface area contributed by atoms with Crippen molar-refractivity contribution in [1.82, 2.24) is 9.21 Å². The average molecular weight is 430 g/mol. The van der Waals surface area contributed by atoms with Crippen LogP contribution in [0.25, 0.3) is 0 Å². The summed E-state index contributed by atoms with van der Waals surface area (Å²) in [5.74, 6) is -0.720. The molecule has 1 N–H and O–H groups in total. The normalized spacial score (nSPS) is 17.0. The van der Waals surface area contributed by atoms with Gasteiger partial charge in [0.15, 0.2) is 0 Å². The third-order valence-electron chi connectivity index (χ3n) is 5.33. The van der Waals surface area contributed by atoms with E-state index in [4.69, 9.17) is 0 Å².